The fourth-order valence-corrected chi connectivity index (χ4v) is 2.09. The van der Waals surface area contributed by atoms with E-state index in [1.807, 2.05) is 32.2 Å². The van der Waals surface area contributed by atoms with Crippen LogP contribution in [0.4, 0.5) is 5.82 Å². The second kappa shape index (κ2) is 6.49. The van der Waals surface area contributed by atoms with Crippen LogP contribution >= 0.6 is 11.8 Å². The molecule has 0 bridgehead atoms. The van der Waals surface area contributed by atoms with E-state index in [1.165, 1.54) is 0 Å². The third-order valence-electron chi connectivity index (χ3n) is 2.37. The van der Waals surface area contributed by atoms with Crippen LogP contribution < -0.4 is 11.1 Å². The van der Waals surface area contributed by atoms with Crippen molar-refractivity contribution in [2.75, 3.05) is 17.3 Å². The van der Waals surface area contributed by atoms with Crippen molar-refractivity contribution in [3.63, 3.8) is 0 Å². The Labute approximate surface area is 106 Å². The van der Waals surface area contributed by atoms with Gasteiger partial charge in [-0.25, -0.2) is 4.98 Å². The zero-order chi connectivity index (χ0) is 12.8. The van der Waals surface area contributed by atoms with Crippen molar-refractivity contribution >= 4 is 23.5 Å². The zero-order valence-electron chi connectivity index (χ0n) is 10.5. The Morgan fingerprint density at radius 1 is 1.53 bits per heavy atom. The summed E-state index contributed by atoms with van der Waals surface area (Å²) in [5.74, 6) is 1.28. The Bertz CT molecular complexity index is 375. The van der Waals surface area contributed by atoms with E-state index in [-0.39, 0.29) is 11.9 Å². The molecule has 0 saturated heterocycles. The molecule has 0 fully saturated rings. The molecule has 0 radical (unpaired) electrons. The van der Waals surface area contributed by atoms with Crippen molar-refractivity contribution in [3.05, 3.63) is 23.4 Å². The number of hydrogen-bond donors (Lipinski definition) is 2. The fourth-order valence-electron chi connectivity index (χ4n) is 1.62. The highest BCUT2D eigenvalue weighted by molar-refractivity contribution is 7.98. The van der Waals surface area contributed by atoms with Gasteiger partial charge in [0.1, 0.15) is 11.9 Å². The van der Waals surface area contributed by atoms with Gasteiger partial charge in [0.25, 0.3) is 0 Å². The van der Waals surface area contributed by atoms with E-state index in [4.69, 9.17) is 5.73 Å². The van der Waals surface area contributed by atoms with E-state index in [0.29, 0.717) is 12.2 Å². The van der Waals surface area contributed by atoms with Crippen molar-refractivity contribution in [2.45, 2.75) is 26.3 Å². The average Bonchev–Trinajstić information content (AvgIpc) is 2.22. The van der Waals surface area contributed by atoms with Crippen LogP contribution in [0.25, 0.3) is 0 Å². The number of aromatic nitrogens is 1. The Morgan fingerprint density at radius 3 is 2.76 bits per heavy atom. The summed E-state index contributed by atoms with van der Waals surface area (Å²) in [6, 6.07) is 3.56. The quantitative estimate of drug-likeness (QED) is 0.810. The lowest BCUT2D eigenvalue weighted by atomic mass is 10.2. The summed E-state index contributed by atoms with van der Waals surface area (Å²) < 4.78 is 0. The van der Waals surface area contributed by atoms with Crippen LogP contribution in [0.3, 0.4) is 0 Å². The average molecular weight is 253 g/mol. The highest BCUT2D eigenvalue weighted by atomic mass is 32.2. The topological polar surface area (TPSA) is 68.0 Å². The highest BCUT2D eigenvalue weighted by Gasteiger charge is 2.15. The van der Waals surface area contributed by atoms with E-state index in [1.54, 1.807) is 11.8 Å². The molecule has 1 atom stereocenters. The Morgan fingerprint density at radius 2 is 2.24 bits per heavy atom. The van der Waals surface area contributed by atoms with Crippen molar-refractivity contribution in [1.29, 1.82) is 0 Å². The minimum Gasteiger partial charge on any atom is -0.368 e. The van der Waals surface area contributed by atoms with Crippen molar-refractivity contribution < 1.29 is 4.79 Å². The molecular formula is C12H19N3OS. The summed E-state index contributed by atoms with van der Waals surface area (Å²) in [4.78, 5) is 15.6. The summed E-state index contributed by atoms with van der Waals surface area (Å²) in [7, 11) is 0. The lowest BCUT2D eigenvalue weighted by Gasteiger charge is -2.16. The SMILES string of the molecule is CSCC[C@H](Nc1cc(C)cc(C)n1)C(N)=O. The fraction of sp³-hybridized carbons (Fsp3) is 0.500. The first kappa shape index (κ1) is 13.8. The number of nitrogens with two attached hydrogens (primary N) is 1. The van der Waals surface area contributed by atoms with Gasteiger partial charge in [-0.05, 0) is 50.0 Å². The Kier molecular flexibility index (Phi) is 5.28. The lowest BCUT2D eigenvalue weighted by Crippen LogP contribution is -2.36. The molecule has 0 aliphatic carbocycles. The first-order valence-corrected chi connectivity index (χ1v) is 6.92. The normalized spacial score (nSPS) is 12.2. The first-order chi connectivity index (χ1) is 8.02. The second-order valence-electron chi connectivity index (χ2n) is 4.05. The third kappa shape index (κ3) is 4.65. The summed E-state index contributed by atoms with van der Waals surface area (Å²) in [6.45, 7) is 3.93. The number of hydrogen-bond acceptors (Lipinski definition) is 4. The van der Waals surface area contributed by atoms with Gasteiger partial charge in [-0.1, -0.05) is 0 Å². The molecule has 5 heteroatoms. The van der Waals surface area contributed by atoms with Crippen LogP contribution in [0.15, 0.2) is 12.1 Å². The number of rotatable bonds is 6. The maximum atomic E-state index is 11.3. The first-order valence-electron chi connectivity index (χ1n) is 5.53. The summed E-state index contributed by atoms with van der Waals surface area (Å²) in [5.41, 5.74) is 7.41. The van der Waals surface area contributed by atoms with Gasteiger partial charge in [0.05, 0.1) is 0 Å². The molecule has 0 aromatic carbocycles. The molecular weight excluding hydrogens is 234 g/mol. The van der Waals surface area contributed by atoms with Crippen molar-refractivity contribution in [1.82, 2.24) is 4.98 Å². The van der Waals surface area contributed by atoms with Gasteiger partial charge in [0, 0.05) is 5.69 Å². The minimum absolute atomic E-state index is 0.333. The molecule has 1 heterocycles. The standard InChI is InChI=1S/C12H19N3OS/c1-8-6-9(2)14-11(7-8)15-10(12(13)16)4-5-17-3/h6-7,10H,4-5H2,1-3H3,(H2,13,16)(H,14,15)/t10-/m0/s1. The monoisotopic (exact) mass is 253 g/mol. The van der Waals surface area contributed by atoms with Gasteiger partial charge in [-0.2, -0.15) is 11.8 Å². The Balaban J connectivity index is 2.74. The number of primary amides is 1. The van der Waals surface area contributed by atoms with Crippen LogP contribution in [-0.2, 0) is 4.79 Å². The number of amides is 1. The summed E-state index contributed by atoms with van der Waals surface area (Å²) in [5, 5.41) is 3.10. The van der Waals surface area contributed by atoms with Gasteiger partial charge in [-0.15, -0.1) is 0 Å². The highest BCUT2D eigenvalue weighted by Crippen LogP contribution is 2.12. The van der Waals surface area contributed by atoms with Gasteiger partial charge >= 0.3 is 0 Å². The molecule has 1 rings (SSSR count). The second-order valence-corrected chi connectivity index (χ2v) is 5.04. The number of pyridine rings is 1. The molecule has 1 aromatic heterocycles. The molecule has 0 aliphatic heterocycles. The van der Waals surface area contributed by atoms with E-state index in [2.05, 4.69) is 10.3 Å². The van der Waals surface area contributed by atoms with Gasteiger partial charge in [-0.3, -0.25) is 4.79 Å². The number of aryl methyl sites for hydroxylation is 2. The smallest absolute Gasteiger partial charge is 0.239 e. The van der Waals surface area contributed by atoms with E-state index in [9.17, 15) is 4.79 Å². The summed E-state index contributed by atoms with van der Waals surface area (Å²) in [6.07, 6.45) is 2.72. The molecule has 0 unspecified atom stereocenters. The number of anilines is 1. The van der Waals surface area contributed by atoms with Crippen LogP contribution in [0.1, 0.15) is 17.7 Å². The molecule has 1 amide bonds. The van der Waals surface area contributed by atoms with Gasteiger partial charge < -0.3 is 11.1 Å². The minimum atomic E-state index is -0.351. The number of nitrogens with zero attached hydrogens (tertiary/aromatic N) is 1. The van der Waals surface area contributed by atoms with E-state index in [0.717, 1.165) is 17.0 Å². The largest absolute Gasteiger partial charge is 0.368 e. The third-order valence-corrected chi connectivity index (χ3v) is 3.02. The number of carbonyl (C=O) groups excluding carboxylic acids is 1. The summed E-state index contributed by atoms with van der Waals surface area (Å²) >= 11 is 1.70. The molecule has 0 aliphatic rings. The molecule has 3 N–H and O–H groups in total. The predicted octanol–water partition coefficient (Wildman–Crippen LogP) is 1.72. The van der Waals surface area contributed by atoms with Crippen molar-refractivity contribution in [3.8, 4) is 0 Å². The van der Waals surface area contributed by atoms with Crippen LogP contribution in [0.5, 0.6) is 0 Å². The van der Waals surface area contributed by atoms with Crippen LogP contribution in [-0.4, -0.2) is 28.9 Å². The Hall–Kier alpha value is -1.23. The number of nitrogens with one attached hydrogen (secondary N) is 1. The zero-order valence-corrected chi connectivity index (χ0v) is 11.3. The number of carbonyl (C=O) groups is 1. The number of thioether (sulfide) groups is 1. The molecule has 94 valence electrons. The molecule has 0 spiro atoms. The van der Waals surface area contributed by atoms with Crippen LogP contribution in [0.2, 0.25) is 0 Å². The van der Waals surface area contributed by atoms with Gasteiger partial charge in [0.15, 0.2) is 0 Å². The molecule has 1 aromatic rings. The van der Waals surface area contributed by atoms with Gasteiger partial charge in [0.2, 0.25) is 5.91 Å². The maximum absolute atomic E-state index is 11.3. The molecule has 17 heavy (non-hydrogen) atoms. The molecule has 0 saturated carbocycles. The van der Waals surface area contributed by atoms with E-state index >= 15 is 0 Å². The maximum Gasteiger partial charge on any atom is 0.239 e. The van der Waals surface area contributed by atoms with Crippen molar-refractivity contribution in [2.24, 2.45) is 5.73 Å². The van der Waals surface area contributed by atoms with Crippen LogP contribution in [0, 0.1) is 13.8 Å². The molecule has 4 nitrogen and oxygen atoms in total. The predicted molar refractivity (Wildman–Crippen MR) is 73.3 cm³/mol. The van der Waals surface area contributed by atoms with E-state index < -0.39 is 0 Å². The lowest BCUT2D eigenvalue weighted by molar-refractivity contribution is -0.118.